The monoisotopic (exact) mass is 372 g/mol. The van der Waals surface area contributed by atoms with Gasteiger partial charge in [0.05, 0.1) is 10.2 Å². The van der Waals surface area contributed by atoms with Crippen LogP contribution < -0.4 is 9.54 Å². The molecule has 3 aromatic rings. The number of carbonyl (C=O) groups excluding carboxylic acids is 1. The van der Waals surface area contributed by atoms with Gasteiger partial charge in [-0.2, -0.15) is 4.99 Å². The fraction of sp³-hybridized carbons (Fsp3) is 0.158. The van der Waals surface area contributed by atoms with Crippen LogP contribution in [-0.4, -0.2) is 17.1 Å². The first kappa shape index (κ1) is 17.5. The summed E-state index contributed by atoms with van der Waals surface area (Å²) in [5.41, 5.74) is 2.05. The Morgan fingerprint density at radius 2 is 2.20 bits per heavy atom. The van der Waals surface area contributed by atoms with Crippen molar-refractivity contribution in [2.75, 3.05) is 6.61 Å². The van der Waals surface area contributed by atoms with Gasteiger partial charge in [-0.15, -0.1) is 6.58 Å². The van der Waals surface area contributed by atoms with E-state index in [1.165, 1.54) is 11.3 Å². The number of aryl methyl sites for hydroxylation is 1. The molecule has 0 radical (unpaired) electrons. The number of rotatable bonds is 5. The van der Waals surface area contributed by atoms with Gasteiger partial charge in [-0.3, -0.25) is 4.79 Å². The van der Waals surface area contributed by atoms with Crippen LogP contribution >= 0.6 is 22.9 Å². The molecule has 0 fully saturated rings. The third kappa shape index (κ3) is 4.18. The maximum absolute atomic E-state index is 12.2. The van der Waals surface area contributed by atoms with Gasteiger partial charge in [-0.05, 0) is 42.8 Å². The zero-order valence-corrected chi connectivity index (χ0v) is 15.3. The quantitative estimate of drug-likeness (QED) is 0.624. The molecule has 0 aliphatic heterocycles. The van der Waals surface area contributed by atoms with Crippen LogP contribution in [0.1, 0.15) is 5.56 Å². The summed E-state index contributed by atoms with van der Waals surface area (Å²) in [7, 11) is 0. The molecule has 1 heterocycles. The van der Waals surface area contributed by atoms with Crippen molar-refractivity contribution in [1.82, 2.24) is 4.57 Å². The number of thiazole rings is 1. The molecule has 0 unspecified atom stereocenters. The molecule has 25 heavy (non-hydrogen) atoms. The molecule has 0 spiro atoms. The second kappa shape index (κ2) is 7.68. The lowest BCUT2D eigenvalue weighted by Gasteiger charge is -2.04. The number of fused-ring (bicyclic) bond motifs is 1. The lowest BCUT2D eigenvalue weighted by Crippen LogP contribution is -2.19. The first-order valence-corrected chi connectivity index (χ1v) is 8.93. The average molecular weight is 373 g/mol. The van der Waals surface area contributed by atoms with Crippen molar-refractivity contribution >= 4 is 39.1 Å². The molecule has 0 aliphatic carbocycles. The number of allylic oxidation sites excluding steroid dienone is 1. The van der Waals surface area contributed by atoms with E-state index in [2.05, 4.69) is 11.6 Å². The van der Waals surface area contributed by atoms with Gasteiger partial charge >= 0.3 is 0 Å². The summed E-state index contributed by atoms with van der Waals surface area (Å²) >= 11 is 7.47. The fourth-order valence-electron chi connectivity index (χ4n) is 2.43. The first-order chi connectivity index (χ1) is 12.1. The van der Waals surface area contributed by atoms with Gasteiger partial charge in [0.1, 0.15) is 5.75 Å². The van der Waals surface area contributed by atoms with E-state index in [0.717, 1.165) is 15.8 Å². The smallest absolute Gasteiger partial charge is 0.286 e. The molecule has 0 atom stereocenters. The van der Waals surface area contributed by atoms with Crippen LogP contribution in [0.4, 0.5) is 0 Å². The second-order valence-corrected chi connectivity index (χ2v) is 6.95. The van der Waals surface area contributed by atoms with Crippen LogP contribution in [0.5, 0.6) is 5.75 Å². The normalized spacial score (nSPS) is 11.7. The Bertz CT molecular complexity index is 1000. The number of amides is 1. The molecule has 1 aromatic heterocycles. The number of halogens is 1. The van der Waals surface area contributed by atoms with E-state index in [4.69, 9.17) is 16.3 Å². The van der Waals surface area contributed by atoms with Crippen molar-refractivity contribution < 1.29 is 9.53 Å². The van der Waals surface area contributed by atoms with E-state index in [1.807, 2.05) is 54.0 Å². The van der Waals surface area contributed by atoms with Crippen molar-refractivity contribution in [2.24, 2.45) is 4.99 Å². The first-order valence-electron chi connectivity index (χ1n) is 7.73. The van der Waals surface area contributed by atoms with Gasteiger partial charge < -0.3 is 9.30 Å². The molecule has 0 aliphatic rings. The number of carbonyl (C=O) groups is 1. The fourth-order valence-corrected chi connectivity index (χ4v) is 3.76. The molecular weight excluding hydrogens is 356 g/mol. The van der Waals surface area contributed by atoms with Gasteiger partial charge in [-0.1, -0.05) is 41.1 Å². The van der Waals surface area contributed by atoms with Crippen molar-refractivity contribution in [1.29, 1.82) is 0 Å². The molecule has 4 nitrogen and oxygen atoms in total. The van der Waals surface area contributed by atoms with Crippen LogP contribution in [-0.2, 0) is 11.3 Å². The van der Waals surface area contributed by atoms with E-state index >= 15 is 0 Å². The summed E-state index contributed by atoms with van der Waals surface area (Å²) in [5.74, 6) is 0.322. The van der Waals surface area contributed by atoms with Crippen molar-refractivity contribution in [3.63, 3.8) is 0 Å². The average Bonchev–Trinajstić information content (AvgIpc) is 2.90. The Kier molecular flexibility index (Phi) is 5.36. The number of nitrogens with zero attached hydrogens (tertiary/aromatic N) is 2. The van der Waals surface area contributed by atoms with Gasteiger partial charge in [0.2, 0.25) is 0 Å². The molecule has 1 amide bonds. The van der Waals surface area contributed by atoms with E-state index in [-0.39, 0.29) is 12.5 Å². The molecular formula is C19H17ClN2O2S. The highest BCUT2D eigenvalue weighted by Gasteiger charge is 2.08. The zero-order chi connectivity index (χ0) is 17.8. The highest BCUT2D eigenvalue weighted by Crippen LogP contribution is 2.22. The Hall–Kier alpha value is -2.37. The molecule has 3 rings (SSSR count). The maximum atomic E-state index is 12.2. The Morgan fingerprint density at radius 1 is 1.36 bits per heavy atom. The van der Waals surface area contributed by atoms with Crippen LogP contribution in [0.2, 0.25) is 5.02 Å². The van der Waals surface area contributed by atoms with Crippen molar-refractivity contribution in [3.05, 3.63) is 70.5 Å². The van der Waals surface area contributed by atoms with Crippen LogP contribution in [0.25, 0.3) is 10.2 Å². The van der Waals surface area contributed by atoms with Crippen LogP contribution in [0.3, 0.4) is 0 Å². The van der Waals surface area contributed by atoms with E-state index < -0.39 is 0 Å². The Labute approximate surface area is 154 Å². The minimum Gasteiger partial charge on any atom is -0.484 e. The van der Waals surface area contributed by atoms with Crippen molar-refractivity contribution in [2.45, 2.75) is 13.5 Å². The predicted molar refractivity (Wildman–Crippen MR) is 102 cm³/mol. The predicted octanol–water partition coefficient (Wildman–Crippen LogP) is 4.36. The standard InChI is InChI=1S/C19H17ClN2O2S/c1-3-9-22-16-8-7-14(20)11-17(16)25-19(22)21-18(23)12-24-15-6-4-5-13(2)10-15/h3-8,10-11H,1,9,12H2,2H3. The van der Waals surface area contributed by atoms with Gasteiger partial charge in [-0.25, -0.2) is 0 Å². The van der Waals surface area contributed by atoms with Crippen LogP contribution in [0, 0.1) is 6.92 Å². The molecule has 0 N–H and O–H groups in total. The summed E-state index contributed by atoms with van der Waals surface area (Å²) in [6.07, 6.45) is 1.77. The minimum atomic E-state index is -0.336. The summed E-state index contributed by atoms with van der Waals surface area (Å²) < 4.78 is 8.44. The van der Waals surface area contributed by atoms with Crippen LogP contribution in [0.15, 0.2) is 60.1 Å². The zero-order valence-electron chi connectivity index (χ0n) is 13.7. The van der Waals surface area contributed by atoms with Crippen molar-refractivity contribution in [3.8, 4) is 5.75 Å². The lowest BCUT2D eigenvalue weighted by atomic mass is 10.2. The Morgan fingerprint density at radius 3 is 2.96 bits per heavy atom. The SMILES string of the molecule is C=CCn1c(=NC(=O)COc2cccc(C)c2)sc2cc(Cl)ccc21. The van der Waals surface area contributed by atoms with E-state index in [0.29, 0.717) is 22.1 Å². The third-order valence-corrected chi connectivity index (χ3v) is 4.80. The van der Waals surface area contributed by atoms with Gasteiger partial charge in [0, 0.05) is 11.6 Å². The van der Waals surface area contributed by atoms with Gasteiger partial charge in [0.15, 0.2) is 11.4 Å². The summed E-state index contributed by atoms with van der Waals surface area (Å²) in [4.78, 5) is 17.0. The number of hydrogen-bond donors (Lipinski definition) is 0. The molecule has 0 saturated carbocycles. The third-order valence-electron chi connectivity index (χ3n) is 3.53. The molecule has 128 valence electrons. The number of hydrogen-bond acceptors (Lipinski definition) is 3. The molecule has 0 bridgehead atoms. The molecule has 0 saturated heterocycles. The van der Waals surface area contributed by atoms with E-state index in [9.17, 15) is 4.79 Å². The maximum Gasteiger partial charge on any atom is 0.286 e. The molecule has 2 aromatic carbocycles. The minimum absolute atomic E-state index is 0.105. The topological polar surface area (TPSA) is 43.6 Å². The second-order valence-electron chi connectivity index (χ2n) is 5.51. The molecule has 6 heteroatoms. The Balaban J connectivity index is 1.87. The van der Waals surface area contributed by atoms with Gasteiger partial charge in [0.25, 0.3) is 5.91 Å². The number of aromatic nitrogens is 1. The largest absolute Gasteiger partial charge is 0.484 e. The highest BCUT2D eigenvalue weighted by molar-refractivity contribution is 7.16. The summed E-state index contributed by atoms with van der Waals surface area (Å²) in [5, 5.41) is 0.653. The van der Waals surface area contributed by atoms with E-state index in [1.54, 1.807) is 6.08 Å². The lowest BCUT2D eigenvalue weighted by molar-refractivity contribution is -0.120. The number of ether oxygens (including phenoxy) is 1. The highest BCUT2D eigenvalue weighted by atomic mass is 35.5. The summed E-state index contributed by atoms with van der Waals surface area (Å²) in [6.45, 7) is 6.20. The summed E-state index contributed by atoms with van der Waals surface area (Å²) in [6, 6.07) is 13.2. The number of benzene rings is 2.